The first-order valence-corrected chi connectivity index (χ1v) is 9.10. The van der Waals surface area contributed by atoms with E-state index < -0.39 is 0 Å². The number of nitrogens with zero attached hydrogens (tertiary/aromatic N) is 1. The Kier molecular flexibility index (Phi) is 4.34. The van der Waals surface area contributed by atoms with Crippen molar-refractivity contribution in [1.82, 2.24) is 4.98 Å². The molecule has 4 rings (SSSR count). The average molecular weight is 367 g/mol. The molecule has 0 radical (unpaired) electrons. The van der Waals surface area contributed by atoms with Gasteiger partial charge in [0, 0.05) is 10.9 Å². The van der Waals surface area contributed by atoms with E-state index in [2.05, 4.69) is 4.98 Å². The number of thiophene rings is 1. The standard InChI is InChI=1S/C20H17NO4S/c1-12-5-6-16-14(9-24-19(16)13(12)2)8-18(22)23-10-15-11-25-20(21-15)17-4-3-7-26-17/h3-7,9,11H,8,10H2,1-2H3. The highest BCUT2D eigenvalue weighted by Crippen LogP contribution is 2.27. The third-order valence-corrected chi connectivity index (χ3v) is 5.20. The van der Waals surface area contributed by atoms with Gasteiger partial charge in [0.05, 0.1) is 17.6 Å². The number of oxazole rings is 1. The fraction of sp³-hybridized carbons (Fsp3) is 0.200. The molecule has 3 aromatic heterocycles. The van der Waals surface area contributed by atoms with Crippen molar-refractivity contribution in [3.8, 4) is 10.8 Å². The van der Waals surface area contributed by atoms with Gasteiger partial charge in [-0.25, -0.2) is 4.98 Å². The van der Waals surface area contributed by atoms with Crippen LogP contribution in [-0.4, -0.2) is 11.0 Å². The van der Waals surface area contributed by atoms with E-state index in [1.165, 1.54) is 6.26 Å². The number of carbonyl (C=O) groups is 1. The van der Waals surface area contributed by atoms with Crippen molar-refractivity contribution in [2.75, 3.05) is 0 Å². The summed E-state index contributed by atoms with van der Waals surface area (Å²) in [5.41, 5.74) is 4.49. The minimum Gasteiger partial charge on any atom is -0.464 e. The third-order valence-electron chi connectivity index (χ3n) is 4.34. The van der Waals surface area contributed by atoms with Crippen molar-refractivity contribution in [1.29, 1.82) is 0 Å². The van der Waals surface area contributed by atoms with Gasteiger partial charge >= 0.3 is 5.97 Å². The monoisotopic (exact) mass is 367 g/mol. The lowest BCUT2D eigenvalue weighted by Gasteiger charge is -2.03. The van der Waals surface area contributed by atoms with Crippen LogP contribution < -0.4 is 0 Å². The molecule has 0 aliphatic rings. The number of ether oxygens (including phenoxy) is 1. The molecule has 1 aromatic carbocycles. The molecule has 0 aliphatic carbocycles. The third kappa shape index (κ3) is 3.15. The summed E-state index contributed by atoms with van der Waals surface area (Å²) in [5, 5.41) is 2.91. The van der Waals surface area contributed by atoms with Gasteiger partial charge in [-0.15, -0.1) is 11.3 Å². The van der Waals surface area contributed by atoms with Crippen LogP contribution in [0, 0.1) is 13.8 Å². The van der Waals surface area contributed by atoms with Crippen molar-refractivity contribution >= 4 is 28.3 Å². The number of esters is 1. The minimum atomic E-state index is -0.327. The largest absolute Gasteiger partial charge is 0.464 e. The van der Waals surface area contributed by atoms with Crippen LogP contribution >= 0.6 is 11.3 Å². The van der Waals surface area contributed by atoms with Crippen molar-refractivity contribution in [3.05, 3.63) is 64.6 Å². The lowest BCUT2D eigenvalue weighted by Crippen LogP contribution is -2.07. The number of aromatic nitrogens is 1. The first-order valence-electron chi connectivity index (χ1n) is 8.22. The summed E-state index contributed by atoms with van der Waals surface area (Å²) in [4.78, 5) is 17.5. The second kappa shape index (κ2) is 6.80. The van der Waals surface area contributed by atoms with Crippen LogP contribution in [-0.2, 0) is 22.6 Å². The quantitative estimate of drug-likeness (QED) is 0.462. The zero-order valence-corrected chi connectivity index (χ0v) is 15.3. The molecule has 0 saturated heterocycles. The molecule has 0 unspecified atom stereocenters. The van der Waals surface area contributed by atoms with Crippen molar-refractivity contribution in [3.63, 3.8) is 0 Å². The molecule has 0 N–H and O–H groups in total. The van der Waals surface area contributed by atoms with Crippen LogP contribution in [0.1, 0.15) is 22.4 Å². The molecule has 132 valence electrons. The second-order valence-electron chi connectivity index (χ2n) is 6.10. The molecular formula is C20H17NO4S. The SMILES string of the molecule is Cc1ccc2c(CC(=O)OCc3coc(-c4cccs4)n3)coc2c1C. The van der Waals surface area contributed by atoms with E-state index in [0.717, 1.165) is 32.5 Å². The van der Waals surface area contributed by atoms with E-state index in [1.807, 2.05) is 43.5 Å². The summed E-state index contributed by atoms with van der Waals surface area (Å²) in [6, 6.07) is 7.88. The molecule has 0 atom stereocenters. The van der Waals surface area contributed by atoms with Gasteiger partial charge in [-0.1, -0.05) is 18.2 Å². The maximum absolute atomic E-state index is 12.2. The Hall–Kier alpha value is -2.86. The summed E-state index contributed by atoms with van der Waals surface area (Å²) in [7, 11) is 0. The van der Waals surface area contributed by atoms with E-state index in [-0.39, 0.29) is 19.0 Å². The number of hydrogen-bond acceptors (Lipinski definition) is 6. The molecule has 0 bridgehead atoms. The van der Waals surface area contributed by atoms with Crippen molar-refractivity contribution < 1.29 is 18.4 Å². The molecule has 4 aromatic rings. The van der Waals surface area contributed by atoms with E-state index >= 15 is 0 Å². The van der Waals surface area contributed by atoms with Crippen molar-refractivity contribution in [2.45, 2.75) is 26.9 Å². The summed E-state index contributed by atoms with van der Waals surface area (Å²) < 4.78 is 16.4. The van der Waals surface area contributed by atoms with E-state index in [9.17, 15) is 4.79 Å². The fourth-order valence-corrected chi connectivity index (χ4v) is 3.43. The highest BCUT2D eigenvalue weighted by atomic mass is 32.1. The van der Waals surface area contributed by atoms with Crippen LogP contribution in [0.15, 0.2) is 51.0 Å². The fourth-order valence-electron chi connectivity index (χ4n) is 2.77. The predicted molar refractivity (Wildman–Crippen MR) is 99.0 cm³/mol. The molecule has 0 aliphatic heterocycles. The number of benzene rings is 1. The van der Waals surface area contributed by atoms with E-state index in [0.29, 0.717) is 11.6 Å². The van der Waals surface area contributed by atoms with Gasteiger partial charge in [0.1, 0.15) is 24.1 Å². The van der Waals surface area contributed by atoms with Gasteiger partial charge in [0.2, 0.25) is 5.89 Å². The molecule has 0 saturated carbocycles. The Morgan fingerprint density at radius 1 is 1.19 bits per heavy atom. The Labute approximate surface area is 154 Å². The molecule has 0 spiro atoms. The van der Waals surface area contributed by atoms with Gasteiger partial charge in [0.25, 0.3) is 0 Å². The van der Waals surface area contributed by atoms with Crippen LogP contribution in [0.5, 0.6) is 0 Å². The lowest BCUT2D eigenvalue weighted by atomic mass is 10.0. The molecular weight excluding hydrogens is 350 g/mol. The summed E-state index contributed by atoms with van der Waals surface area (Å²) >= 11 is 1.55. The molecule has 3 heterocycles. The van der Waals surface area contributed by atoms with Gasteiger partial charge in [-0.2, -0.15) is 0 Å². The number of furan rings is 1. The van der Waals surface area contributed by atoms with Crippen LogP contribution in [0.3, 0.4) is 0 Å². The zero-order chi connectivity index (χ0) is 18.1. The van der Waals surface area contributed by atoms with Crippen LogP contribution in [0.2, 0.25) is 0 Å². The number of aryl methyl sites for hydroxylation is 2. The lowest BCUT2D eigenvalue weighted by molar-refractivity contribution is -0.144. The molecule has 5 nitrogen and oxygen atoms in total. The van der Waals surface area contributed by atoms with Crippen LogP contribution in [0.25, 0.3) is 21.7 Å². The topological polar surface area (TPSA) is 65.5 Å². The summed E-state index contributed by atoms with van der Waals surface area (Å²) in [6.07, 6.45) is 3.30. The number of rotatable bonds is 5. The smallest absolute Gasteiger partial charge is 0.310 e. The molecule has 26 heavy (non-hydrogen) atoms. The maximum Gasteiger partial charge on any atom is 0.310 e. The Balaban J connectivity index is 1.41. The summed E-state index contributed by atoms with van der Waals surface area (Å²) in [5.74, 6) is 0.212. The molecule has 6 heteroatoms. The minimum absolute atomic E-state index is 0.0849. The highest BCUT2D eigenvalue weighted by Gasteiger charge is 2.15. The Morgan fingerprint density at radius 2 is 2.08 bits per heavy atom. The molecule has 0 amide bonds. The van der Waals surface area contributed by atoms with Gasteiger partial charge in [-0.3, -0.25) is 4.79 Å². The number of hydrogen-bond donors (Lipinski definition) is 0. The maximum atomic E-state index is 12.2. The van der Waals surface area contributed by atoms with Crippen molar-refractivity contribution in [2.24, 2.45) is 0 Å². The normalized spacial score (nSPS) is 11.2. The van der Waals surface area contributed by atoms with Crippen LogP contribution in [0.4, 0.5) is 0 Å². The number of carbonyl (C=O) groups excluding carboxylic acids is 1. The summed E-state index contributed by atoms with van der Waals surface area (Å²) in [6.45, 7) is 4.13. The van der Waals surface area contributed by atoms with Gasteiger partial charge in [-0.05, 0) is 36.4 Å². The zero-order valence-electron chi connectivity index (χ0n) is 14.4. The predicted octanol–water partition coefficient (Wildman–Crippen LogP) is 5.05. The average Bonchev–Trinajstić information content (AvgIpc) is 3.36. The Bertz CT molecular complexity index is 1060. The van der Waals surface area contributed by atoms with E-state index in [1.54, 1.807) is 17.6 Å². The second-order valence-corrected chi connectivity index (χ2v) is 7.05. The first kappa shape index (κ1) is 16.6. The highest BCUT2D eigenvalue weighted by molar-refractivity contribution is 7.13. The van der Waals surface area contributed by atoms with Gasteiger partial charge < -0.3 is 13.6 Å². The van der Waals surface area contributed by atoms with Gasteiger partial charge in [0.15, 0.2) is 0 Å². The number of fused-ring (bicyclic) bond motifs is 1. The molecule has 0 fully saturated rings. The first-order chi connectivity index (χ1) is 12.6. The van der Waals surface area contributed by atoms with E-state index in [4.69, 9.17) is 13.6 Å². The Morgan fingerprint density at radius 3 is 2.88 bits per heavy atom.